The van der Waals surface area contributed by atoms with Gasteiger partial charge in [0, 0.05) is 35.3 Å². The Balaban J connectivity index is 1.93. The maximum Gasteiger partial charge on any atom is 0.412 e. The lowest BCUT2D eigenvalue weighted by molar-refractivity contribution is 0.196. The molecule has 0 aromatic carbocycles. The third-order valence-corrected chi connectivity index (χ3v) is 5.78. The summed E-state index contributed by atoms with van der Waals surface area (Å²) in [5, 5.41) is 19.6. The number of aromatic nitrogens is 1. The normalized spacial score (nSPS) is 14.7. The largest absolute Gasteiger partial charge is 0.465 e. The highest BCUT2D eigenvalue weighted by Crippen LogP contribution is 2.40. The number of thiophene rings is 1. The van der Waals surface area contributed by atoms with Crippen LogP contribution < -0.4 is 9.80 Å². The van der Waals surface area contributed by atoms with Crippen LogP contribution in [0, 0.1) is 11.3 Å². The molecule has 1 saturated heterocycles. The number of rotatable bonds is 3. The molecule has 2 aromatic rings. The summed E-state index contributed by atoms with van der Waals surface area (Å²) >= 11 is 1.31. The van der Waals surface area contributed by atoms with E-state index >= 15 is 0 Å². The van der Waals surface area contributed by atoms with Gasteiger partial charge in [-0.25, -0.2) is 9.78 Å². The number of piperidine rings is 1. The highest BCUT2D eigenvalue weighted by Gasteiger charge is 2.31. The molecule has 1 amide bonds. The first-order valence-corrected chi connectivity index (χ1v) is 9.91. The molecule has 2 aromatic heterocycles. The Kier molecular flexibility index (Phi) is 5.38. The summed E-state index contributed by atoms with van der Waals surface area (Å²) in [6.45, 7) is 7.52. The summed E-state index contributed by atoms with van der Waals surface area (Å²) in [6.07, 6.45) is 4.41. The van der Waals surface area contributed by atoms with Crippen LogP contribution in [0.1, 0.15) is 45.6 Å². The van der Waals surface area contributed by atoms with Crippen molar-refractivity contribution in [3.8, 4) is 16.5 Å². The van der Waals surface area contributed by atoms with Gasteiger partial charge in [-0.2, -0.15) is 5.26 Å². The van der Waals surface area contributed by atoms with E-state index in [1.165, 1.54) is 35.5 Å². The van der Waals surface area contributed by atoms with Crippen molar-refractivity contribution in [1.82, 2.24) is 4.98 Å². The molecule has 27 heavy (non-hydrogen) atoms. The lowest BCUT2D eigenvalue weighted by Gasteiger charge is -2.32. The smallest absolute Gasteiger partial charge is 0.412 e. The molecule has 6 nitrogen and oxygen atoms in total. The number of carbonyl (C=O) groups is 1. The Hall–Kier alpha value is -2.59. The van der Waals surface area contributed by atoms with E-state index in [0.717, 1.165) is 29.3 Å². The van der Waals surface area contributed by atoms with Crippen LogP contribution >= 0.6 is 11.3 Å². The number of nitriles is 1. The zero-order chi connectivity index (χ0) is 19.6. The van der Waals surface area contributed by atoms with Gasteiger partial charge in [0.1, 0.15) is 16.9 Å². The van der Waals surface area contributed by atoms with Gasteiger partial charge in [0.05, 0.1) is 5.56 Å². The maximum atomic E-state index is 11.8. The van der Waals surface area contributed by atoms with Crippen molar-refractivity contribution in [3.63, 3.8) is 0 Å². The van der Waals surface area contributed by atoms with E-state index in [1.807, 2.05) is 39.1 Å². The van der Waals surface area contributed by atoms with Crippen LogP contribution in [0.5, 0.6) is 0 Å². The molecule has 0 aliphatic carbocycles. The standard InChI is InChI=1S/C20H24N4O2S/c1-20(2,3)24(19(25)26)18-15(12-21)11-16(27-18)14-7-8-17(22-13-14)23-9-5-4-6-10-23/h7-8,11,13H,4-6,9-10H2,1-3H3,(H,25,26). The fraction of sp³-hybridized carbons (Fsp3) is 0.450. The van der Waals surface area contributed by atoms with Gasteiger partial charge in [-0.3, -0.25) is 4.90 Å². The maximum absolute atomic E-state index is 11.8. The minimum atomic E-state index is -1.06. The van der Waals surface area contributed by atoms with Crippen LogP contribution in [0.3, 0.4) is 0 Å². The Morgan fingerprint density at radius 3 is 2.52 bits per heavy atom. The second kappa shape index (κ2) is 7.57. The molecule has 1 aliphatic rings. The van der Waals surface area contributed by atoms with E-state index in [0.29, 0.717) is 10.6 Å². The molecule has 1 N–H and O–H groups in total. The highest BCUT2D eigenvalue weighted by molar-refractivity contribution is 7.19. The molecule has 142 valence electrons. The van der Waals surface area contributed by atoms with Gasteiger partial charge in [0.15, 0.2) is 0 Å². The van der Waals surface area contributed by atoms with Gasteiger partial charge >= 0.3 is 6.09 Å². The molecule has 7 heteroatoms. The average Bonchev–Trinajstić information content (AvgIpc) is 3.04. The van der Waals surface area contributed by atoms with Gasteiger partial charge in [0.2, 0.25) is 0 Å². The molecule has 0 saturated carbocycles. The second-order valence-electron chi connectivity index (χ2n) is 7.68. The van der Waals surface area contributed by atoms with Gasteiger partial charge in [-0.15, -0.1) is 11.3 Å². The van der Waals surface area contributed by atoms with Crippen molar-refractivity contribution in [1.29, 1.82) is 5.26 Å². The summed E-state index contributed by atoms with van der Waals surface area (Å²) in [6, 6.07) is 7.88. The zero-order valence-electron chi connectivity index (χ0n) is 15.9. The van der Waals surface area contributed by atoms with Crippen molar-refractivity contribution in [3.05, 3.63) is 30.0 Å². The fourth-order valence-electron chi connectivity index (χ4n) is 3.29. The Morgan fingerprint density at radius 2 is 2.00 bits per heavy atom. The van der Waals surface area contributed by atoms with Crippen molar-refractivity contribution in [2.45, 2.75) is 45.6 Å². The molecule has 0 bridgehead atoms. The molecule has 3 rings (SSSR count). The third kappa shape index (κ3) is 4.06. The molecule has 0 radical (unpaired) electrons. The monoisotopic (exact) mass is 384 g/mol. The van der Waals surface area contributed by atoms with E-state index in [4.69, 9.17) is 0 Å². The first-order valence-electron chi connectivity index (χ1n) is 9.09. The summed E-state index contributed by atoms with van der Waals surface area (Å²) in [5.41, 5.74) is 0.617. The Morgan fingerprint density at radius 1 is 1.30 bits per heavy atom. The van der Waals surface area contributed by atoms with Crippen molar-refractivity contribution in [2.24, 2.45) is 0 Å². The molecule has 1 fully saturated rings. The number of anilines is 2. The van der Waals surface area contributed by atoms with Gasteiger partial charge in [-0.1, -0.05) is 0 Å². The molecular formula is C20H24N4O2S. The number of nitrogens with zero attached hydrogens (tertiary/aromatic N) is 4. The predicted molar refractivity (Wildman–Crippen MR) is 109 cm³/mol. The Labute approximate surface area is 163 Å². The molecule has 0 spiro atoms. The second-order valence-corrected chi connectivity index (χ2v) is 8.71. The van der Waals surface area contributed by atoms with Crippen LogP contribution in [0.4, 0.5) is 15.6 Å². The number of carboxylic acid groups (broad SMARTS) is 1. The molecular weight excluding hydrogens is 360 g/mol. The zero-order valence-corrected chi connectivity index (χ0v) is 16.7. The van der Waals surface area contributed by atoms with Crippen molar-refractivity contribution in [2.75, 3.05) is 22.9 Å². The van der Waals surface area contributed by atoms with E-state index in [2.05, 4.69) is 16.0 Å². The topological polar surface area (TPSA) is 80.5 Å². The first kappa shape index (κ1) is 19.2. The number of hydrogen-bond donors (Lipinski definition) is 1. The van der Waals surface area contributed by atoms with Gasteiger partial charge < -0.3 is 10.0 Å². The lowest BCUT2D eigenvalue weighted by Crippen LogP contribution is -2.45. The Bertz CT molecular complexity index is 856. The number of hydrogen-bond acceptors (Lipinski definition) is 5. The predicted octanol–water partition coefficient (Wildman–Crippen LogP) is 4.95. The lowest BCUT2D eigenvalue weighted by atomic mass is 10.1. The highest BCUT2D eigenvalue weighted by atomic mass is 32.1. The van der Waals surface area contributed by atoms with Crippen LogP contribution in [-0.4, -0.2) is 34.8 Å². The van der Waals surface area contributed by atoms with E-state index < -0.39 is 11.6 Å². The quantitative estimate of drug-likeness (QED) is 0.809. The minimum absolute atomic E-state index is 0.368. The van der Waals surface area contributed by atoms with Gasteiger partial charge in [-0.05, 0) is 58.2 Å². The molecule has 0 unspecified atom stereocenters. The first-order chi connectivity index (χ1) is 12.8. The summed E-state index contributed by atoms with van der Waals surface area (Å²) in [5.74, 6) is 0.970. The van der Waals surface area contributed by atoms with E-state index in [1.54, 1.807) is 6.07 Å². The van der Waals surface area contributed by atoms with Crippen molar-refractivity contribution >= 4 is 28.2 Å². The molecule has 0 atom stereocenters. The fourth-order valence-corrected chi connectivity index (χ4v) is 4.57. The van der Waals surface area contributed by atoms with Crippen LogP contribution in [0.25, 0.3) is 10.4 Å². The van der Waals surface area contributed by atoms with E-state index in [-0.39, 0.29) is 0 Å². The average molecular weight is 385 g/mol. The number of pyridine rings is 1. The van der Waals surface area contributed by atoms with Crippen molar-refractivity contribution < 1.29 is 9.90 Å². The summed E-state index contributed by atoms with van der Waals surface area (Å²) < 4.78 is 0. The van der Waals surface area contributed by atoms with E-state index in [9.17, 15) is 15.2 Å². The third-order valence-electron chi connectivity index (χ3n) is 4.61. The SMILES string of the molecule is CC(C)(C)N(C(=O)O)c1sc(-c2ccc(N3CCCCC3)nc2)cc1C#N. The number of amides is 1. The minimum Gasteiger partial charge on any atom is -0.465 e. The molecule has 1 aliphatic heterocycles. The van der Waals surface area contributed by atoms with Crippen LogP contribution in [0.2, 0.25) is 0 Å². The van der Waals surface area contributed by atoms with Crippen LogP contribution in [0.15, 0.2) is 24.4 Å². The van der Waals surface area contributed by atoms with Crippen LogP contribution in [-0.2, 0) is 0 Å². The molecule has 3 heterocycles. The summed E-state index contributed by atoms with van der Waals surface area (Å²) in [4.78, 5) is 20.8. The summed E-state index contributed by atoms with van der Waals surface area (Å²) in [7, 11) is 0. The van der Waals surface area contributed by atoms with Gasteiger partial charge in [0.25, 0.3) is 0 Å².